The molecule has 1 atom stereocenters. The summed E-state index contributed by atoms with van der Waals surface area (Å²) in [7, 11) is 0. The molecular weight excluding hydrogens is 1020 g/mol. The maximum atomic E-state index is 12.9. The standard InChI is InChI=1S/C77H124O6/c1-4-7-10-13-16-19-22-25-28-31-32-33-34-35-36-37-38-39-40-41-42-43-44-47-49-52-55-58-61-64-67-70-76(79)82-73-74(83-77(80)71-68-65-62-59-56-53-50-46-30-27-24-21-18-15-12-9-6-3)72-81-75(78)69-66-63-60-57-54-51-48-45-29-26-23-20-17-14-11-8-5-2/h7-12,16-21,25-30,32-33,35-36,48,50-51,53,74H,4-6,13-15,22-24,31,34,37-47,49,52,54-73H2,1-3H3/b10-7-,11-8-,12-9-,19-16-,20-17-,21-18-,28-25-,29-26-,30-27-,33-32-,36-35-,51-48-,53-50-. The minimum Gasteiger partial charge on any atom is -0.462 e. The van der Waals surface area contributed by atoms with Gasteiger partial charge in [-0.1, -0.05) is 288 Å². The van der Waals surface area contributed by atoms with E-state index in [0.29, 0.717) is 12.8 Å². The number of ether oxygens (including phenoxy) is 3. The highest BCUT2D eigenvalue weighted by atomic mass is 16.6. The second kappa shape index (κ2) is 69.5. The third kappa shape index (κ3) is 67.7. The quantitative estimate of drug-likeness (QED) is 0.0261. The highest BCUT2D eigenvalue weighted by Crippen LogP contribution is 2.16. The van der Waals surface area contributed by atoms with Crippen LogP contribution in [0.25, 0.3) is 0 Å². The molecule has 0 aliphatic carbocycles. The zero-order valence-corrected chi connectivity index (χ0v) is 53.7. The van der Waals surface area contributed by atoms with Gasteiger partial charge in [0.05, 0.1) is 0 Å². The monoisotopic (exact) mass is 1140 g/mol. The summed E-state index contributed by atoms with van der Waals surface area (Å²) in [6.45, 7) is 6.27. The van der Waals surface area contributed by atoms with Crippen LogP contribution in [-0.2, 0) is 28.6 Å². The maximum absolute atomic E-state index is 12.9. The van der Waals surface area contributed by atoms with E-state index in [2.05, 4.69) is 179 Å². The fourth-order valence-electron chi connectivity index (χ4n) is 9.04. The molecule has 0 fully saturated rings. The Labute approximate surface area is 511 Å². The summed E-state index contributed by atoms with van der Waals surface area (Å²) in [4.78, 5) is 38.4. The Morgan fingerprint density at radius 2 is 0.434 bits per heavy atom. The molecule has 0 heterocycles. The number of hydrogen-bond acceptors (Lipinski definition) is 6. The molecule has 0 aromatic rings. The van der Waals surface area contributed by atoms with Crippen LogP contribution in [0.5, 0.6) is 0 Å². The number of allylic oxidation sites excluding steroid dienone is 26. The minimum atomic E-state index is -0.809. The number of carbonyl (C=O) groups excluding carboxylic acids is 3. The molecule has 0 spiro atoms. The van der Waals surface area contributed by atoms with Gasteiger partial charge in [0, 0.05) is 19.3 Å². The van der Waals surface area contributed by atoms with Gasteiger partial charge in [0.2, 0.25) is 0 Å². The molecular formula is C77H124O6. The second-order valence-electron chi connectivity index (χ2n) is 21.9. The van der Waals surface area contributed by atoms with E-state index in [-0.39, 0.29) is 37.5 Å². The molecule has 83 heavy (non-hydrogen) atoms. The van der Waals surface area contributed by atoms with Crippen molar-refractivity contribution < 1.29 is 28.6 Å². The summed E-state index contributed by atoms with van der Waals surface area (Å²) in [5, 5.41) is 0. The number of esters is 3. The van der Waals surface area contributed by atoms with E-state index in [4.69, 9.17) is 14.2 Å². The van der Waals surface area contributed by atoms with Crippen LogP contribution in [0.1, 0.15) is 290 Å². The molecule has 0 bridgehead atoms. The Kier molecular flexibility index (Phi) is 65.4. The summed E-state index contributed by atoms with van der Waals surface area (Å²) >= 11 is 0. The smallest absolute Gasteiger partial charge is 0.306 e. The van der Waals surface area contributed by atoms with Gasteiger partial charge in [-0.2, -0.15) is 0 Å². The number of rotatable bonds is 60. The van der Waals surface area contributed by atoms with Crippen LogP contribution >= 0.6 is 0 Å². The topological polar surface area (TPSA) is 78.9 Å². The predicted molar refractivity (Wildman–Crippen MR) is 362 cm³/mol. The molecule has 0 N–H and O–H groups in total. The van der Waals surface area contributed by atoms with Gasteiger partial charge in [0.1, 0.15) is 13.2 Å². The van der Waals surface area contributed by atoms with Gasteiger partial charge in [-0.3, -0.25) is 14.4 Å². The fraction of sp³-hybridized carbons (Fsp3) is 0.623. The van der Waals surface area contributed by atoms with Crippen LogP contribution < -0.4 is 0 Å². The van der Waals surface area contributed by atoms with Crippen molar-refractivity contribution in [2.24, 2.45) is 0 Å². The van der Waals surface area contributed by atoms with Crippen molar-refractivity contribution in [2.75, 3.05) is 13.2 Å². The van der Waals surface area contributed by atoms with Crippen molar-refractivity contribution in [3.8, 4) is 0 Å². The van der Waals surface area contributed by atoms with Gasteiger partial charge >= 0.3 is 17.9 Å². The first kappa shape index (κ1) is 78.0. The van der Waals surface area contributed by atoms with E-state index in [9.17, 15) is 14.4 Å². The Balaban J connectivity index is 4.34. The molecule has 0 saturated carbocycles. The van der Waals surface area contributed by atoms with Crippen molar-refractivity contribution in [3.63, 3.8) is 0 Å². The molecule has 0 saturated heterocycles. The van der Waals surface area contributed by atoms with Crippen LogP contribution in [0.15, 0.2) is 158 Å². The summed E-state index contributed by atoms with van der Waals surface area (Å²) in [5.41, 5.74) is 0. The Morgan fingerprint density at radius 3 is 0.675 bits per heavy atom. The third-order valence-electron chi connectivity index (χ3n) is 14.0. The molecule has 1 unspecified atom stereocenters. The van der Waals surface area contributed by atoms with E-state index >= 15 is 0 Å². The van der Waals surface area contributed by atoms with Crippen LogP contribution in [-0.4, -0.2) is 37.2 Å². The SMILES string of the molecule is CC/C=C\C/C=C\C/C=C\C/C=C\C/C=C\CCCCCCCCCCCCCCCCCC(=O)OCC(COC(=O)CCCCCC/C=C\C/C=C\C/C=C\C/C=C\CC)OC(=O)CCCCCC/C=C\C/C=C\C/C=C\C/C=C\CC. The van der Waals surface area contributed by atoms with Gasteiger partial charge in [0.25, 0.3) is 0 Å². The van der Waals surface area contributed by atoms with Crippen LogP contribution in [0.3, 0.4) is 0 Å². The van der Waals surface area contributed by atoms with Gasteiger partial charge in [0.15, 0.2) is 6.10 Å². The average molecular weight is 1150 g/mol. The lowest BCUT2D eigenvalue weighted by atomic mass is 10.0. The molecule has 0 amide bonds. The predicted octanol–water partition coefficient (Wildman–Crippen LogP) is 23.7. The van der Waals surface area contributed by atoms with Crippen LogP contribution in [0, 0.1) is 0 Å². The van der Waals surface area contributed by atoms with Crippen molar-refractivity contribution >= 4 is 17.9 Å². The molecule has 0 rings (SSSR count). The first-order valence-corrected chi connectivity index (χ1v) is 34.0. The van der Waals surface area contributed by atoms with E-state index in [1.165, 1.54) is 83.5 Å². The molecule has 0 aromatic heterocycles. The van der Waals surface area contributed by atoms with Crippen LogP contribution in [0.2, 0.25) is 0 Å². The summed E-state index contributed by atoms with van der Waals surface area (Å²) in [6, 6.07) is 0. The molecule has 6 nitrogen and oxygen atoms in total. The highest BCUT2D eigenvalue weighted by Gasteiger charge is 2.19. The molecule has 6 heteroatoms. The van der Waals surface area contributed by atoms with E-state index < -0.39 is 6.10 Å². The van der Waals surface area contributed by atoms with Crippen molar-refractivity contribution in [1.82, 2.24) is 0 Å². The van der Waals surface area contributed by atoms with Crippen molar-refractivity contribution in [2.45, 2.75) is 297 Å². The number of unbranched alkanes of at least 4 members (excludes halogenated alkanes) is 23. The van der Waals surface area contributed by atoms with Gasteiger partial charge in [-0.05, 0) is 141 Å². The minimum absolute atomic E-state index is 0.101. The normalized spacial score (nSPS) is 13.1. The maximum Gasteiger partial charge on any atom is 0.306 e. The Morgan fingerprint density at radius 1 is 0.241 bits per heavy atom. The highest BCUT2D eigenvalue weighted by molar-refractivity contribution is 5.71. The van der Waals surface area contributed by atoms with Crippen LogP contribution in [0.4, 0.5) is 0 Å². The van der Waals surface area contributed by atoms with E-state index in [1.807, 2.05) is 0 Å². The molecule has 0 aliphatic heterocycles. The van der Waals surface area contributed by atoms with Gasteiger partial charge < -0.3 is 14.2 Å². The van der Waals surface area contributed by atoms with E-state index in [1.54, 1.807) is 0 Å². The zero-order valence-electron chi connectivity index (χ0n) is 53.7. The largest absolute Gasteiger partial charge is 0.462 e. The third-order valence-corrected chi connectivity index (χ3v) is 14.0. The van der Waals surface area contributed by atoms with E-state index in [0.717, 1.165) is 167 Å². The fourth-order valence-corrected chi connectivity index (χ4v) is 9.04. The molecule has 0 radical (unpaired) electrons. The summed E-state index contributed by atoms with van der Waals surface area (Å²) in [5.74, 6) is -0.948. The lowest BCUT2D eigenvalue weighted by Crippen LogP contribution is -2.30. The molecule has 0 aliphatic rings. The lowest BCUT2D eigenvalue weighted by molar-refractivity contribution is -0.167. The second-order valence-corrected chi connectivity index (χ2v) is 21.9. The average Bonchev–Trinajstić information content (AvgIpc) is 3.49. The molecule has 468 valence electrons. The first-order chi connectivity index (χ1) is 41.0. The summed E-state index contributed by atoms with van der Waals surface area (Å²) in [6.07, 6.45) is 101. The summed E-state index contributed by atoms with van der Waals surface area (Å²) < 4.78 is 16.9. The van der Waals surface area contributed by atoms with Gasteiger partial charge in [-0.25, -0.2) is 0 Å². The van der Waals surface area contributed by atoms with Crippen molar-refractivity contribution in [3.05, 3.63) is 158 Å². The number of carbonyl (C=O) groups is 3. The Hall–Kier alpha value is -4.97. The van der Waals surface area contributed by atoms with Gasteiger partial charge in [-0.15, -0.1) is 0 Å². The van der Waals surface area contributed by atoms with Crippen molar-refractivity contribution in [1.29, 1.82) is 0 Å². The number of hydrogen-bond donors (Lipinski definition) is 0. The lowest BCUT2D eigenvalue weighted by Gasteiger charge is -2.18. The Bertz CT molecular complexity index is 1840. The molecule has 0 aromatic carbocycles. The zero-order chi connectivity index (χ0) is 59.9. The first-order valence-electron chi connectivity index (χ1n) is 34.0.